The van der Waals surface area contributed by atoms with E-state index in [0.717, 1.165) is 6.26 Å². The smallest absolute Gasteiger partial charge is 0.406 e. The normalized spacial score (nSPS) is 11.5. The highest BCUT2D eigenvalue weighted by molar-refractivity contribution is 5.93. The number of amides is 1. The quantitative estimate of drug-likeness (QED) is 0.855. The summed E-state index contributed by atoms with van der Waals surface area (Å²) in [5.74, 6) is -0.739. The number of hydrogen-bond donors (Lipinski definition) is 1. The molecular weight excluding hydrogens is 225 g/mol. The third-order valence-electron chi connectivity index (χ3n) is 1.82. The Balaban J connectivity index is 2.74. The molecule has 90 valence electrons. The van der Waals surface area contributed by atoms with Crippen molar-refractivity contribution in [2.24, 2.45) is 5.73 Å². The summed E-state index contributed by atoms with van der Waals surface area (Å²) in [6.07, 6.45) is -2.11. The highest BCUT2D eigenvalue weighted by atomic mass is 19.4. The van der Waals surface area contributed by atoms with E-state index in [9.17, 15) is 18.0 Å². The molecule has 0 aliphatic carbocycles. The zero-order chi connectivity index (χ0) is 12.2. The molecule has 1 amide bonds. The fraction of sp³-hybridized carbons (Fsp3) is 0.444. The van der Waals surface area contributed by atoms with Crippen LogP contribution in [0.2, 0.25) is 0 Å². The van der Waals surface area contributed by atoms with Gasteiger partial charge in [-0.05, 0) is 6.07 Å². The Labute approximate surface area is 89.8 Å². The average Bonchev–Trinajstić information content (AvgIpc) is 2.66. The zero-order valence-corrected chi connectivity index (χ0v) is 8.33. The second-order valence-electron chi connectivity index (χ2n) is 3.14. The predicted octanol–water partition coefficient (Wildman–Crippen LogP) is 1.24. The standard InChI is InChI=1S/C9H11F3N2O2/c10-9(11,12)6-14(3-2-13)8(15)7-1-4-16-5-7/h1,4-5H,2-3,6,13H2. The molecule has 2 N–H and O–H groups in total. The third kappa shape index (κ3) is 3.58. The summed E-state index contributed by atoms with van der Waals surface area (Å²) in [5, 5.41) is 0. The van der Waals surface area contributed by atoms with Gasteiger partial charge in [0.2, 0.25) is 0 Å². The van der Waals surface area contributed by atoms with Gasteiger partial charge in [0.05, 0.1) is 11.8 Å². The van der Waals surface area contributed by atoms with Crippen LogP contribution in [0, 0.1) is 0 Å². The number of carbonyl (C=O) groups is 1. The van der Waals surface area contributed by atoms with Crippen molar-refractivity contribution in [3.63, 3.8) is 0 Å². The lowest BCUT2D eigenvalue weighted by Crippen LogP contribution is -2.41. The summed E-state index contributed by atoms with van der Waals surface area (Å²) in [6, 6.07) is 1.31. The van der Waals surface area contributed by atoms with E-state index >= 15 is 0 Å². The zero-order valence-electron chi connectivity index (χ0n) is 8.33. The minimum Gasteiger partial charge on any atom is -0.472 e. The molecule has 16 heavy (non-hydrogen) atoms. The van der Waals surface area contributed by atoms with E-state index in [0.29, 0.717) is 4.90 Å². The Kier molecular flexibility index (Phi) is 3.94. The lowest BCUT2D eigenvalue weighted by molar-refractivity contribution is -0.140. The molecule has 1 heterocycles. The fourth-order valence-electron chi connectivity index (χ4n) is 1.19. The molecule has 0 aliphatic rings. The van der Waals surface area contributed by atoms with Crippen LogP contribution >= 0.6 is 0 Å². The van der Waals surface area contributed by atoms with Gasteiger partial charge in [-0.3, -0.25) is 4.79 Å². The second kappa shape index (κ2) is 5.02. The van der Waals surface area contributed by atoms with Crippen molar-refractivity contribution in [2.45, 2.75) is 6.18 Å². The van der Waals surface area contributed by atoms with Crippen molar-refractivity contribution >= 4 is 5.91 Å². The summed E-state index contributed by atoms with van der Waals surface area (Å²) in [5.41, 5.74) is 5.24. The number of carbonyl (C=O) groups excluding carboxylic acids is 1. The van der Waals surface area contributed by atoms with Crippen LogP contribution in [0.1, 0.15) is 10.4 Å². The Morgan fingerprint density at radius 1 is 1.50 bits per heavy atom. The molecule has 0 bridgehead atoms. The SMILES string of the molecule is NCCN(CC(F)(F)F)C(=O)c1ccoc1. The molecule has 1 aromatic heterocycles. The molecule has 0 radical (unpaired) electrons. The van der Waals surface area contributed by atoms with Gasteiger partial charge in [-0.15, -0.1) is 0 Å². The number of rotatable bonds is 4. The maximum absolute atomic E-state index is 12.2. The molecule has 0 atom stereocenters. The summed E-state index contributed by atoms with van der Waals surface area (Å²) < 4.78 is 41.2. The van der Waals surface area contributed by atoms with Crippen molar-refractivity contribution < 1.29 is 22.4 Å². The van der Waals surface area contributed by atoms with Crippen LogP contribution in [0.25, 0.3) is 0 Å². The molecule has 0 aromatic carbocycles. The van der Waals surface area contributed by atoms with E-state index in [1.54, 1.807) is 0 Å². The van der Waals surface area contributed by atoms with Gasteiger partial charge in [0.25, 0.3) is 5.91 Å². The second-order valence-corrected chi connectivity index (χ2v) is 3.14. The topological polar surface area (TPSA) is 59.5 Å². The van der Waals surface area contributed by atoms with E-state index < -0.39 is 18.6 Å². The summed E-state index contributed by atoms with van der Waals surface area (Å²) in [4.78, 5) is 12.2. The highest BCUT2D eigenvalue weighted by Crippen LogP contribution is 2.18. The summed E-state index contributed by atoms with van der Waals surface area (Å²) in [6.45, 7) is -1.49. The van der Waals surface area contributed by atoms with Gasteiger partial charge in [-0.2, -0.15) is 13.2 Å². The minimum atomic E-state index is -4.44. The van der Waals surface area contributed by atoms with Gasteiger partial charge in [0.1, 0.15) is 12.8 Å². The van der Waals surface area contributed by atoms with Crippen molar-refractivity contribution in [3.8, 4) is 0 Å². The fourth-order valence-corrected chi connectivity index (χ4v) is 1.19. The first kappa shape index (κ1) is 12.6. The average molecular weight is 236 g/mol. The molecule has 0 aliphatic heterocycles. The van der Waals surface area contributed by atoms with Crippen LogP contribution in [0.3, 0.4) is 0 Å². The molecule has 7 heteroatoms. The van der Waals surface area contributed by atoms with Gasteiger partial charge in [0, 0.05) is 13.1 Å². The Hall–Kier alpha value is -1.50. The molecule has 4 nitrogen and oxygen atoms in total. The first-order valence-electron chi connectivity index (χ1n) is 4.52. The van der Waals surface area contributed by atoms with Gasteiger partial charge >= 0.3 is 6.18 Å². The van der Waals surface area contributed by atoms with Crippen molar-refractivity contribution in [1.82, 2.24) is 4.90 Å². The molecule has 1 aromatic rings. The van der Waals surface area contributed by atoms with E-state index in [2.05, 4.69) is 4.42 Å². The Morgan fingerprint density at radius 2 is 2.19 bits per heavy atom. The first-order chi connectivity index (χ1) is 7.44. The van der Waals surface area contributed by atoms with E-state index in [4.69, 9.17) is 5.73 Å². The minimum absolute atomic E-state index is 0.0281. The number of nitrogens with two attached hydrogens (primary N) is 1. The Bertz CT molecular complexity index is 335. The number of nitrogens with zero attached hydrogens (tertiary/aromatic N) is 1. The van der Waals surface area contributed by atoms with Gasteiger partial charge in [-0.1, -0.05) is 0 Å². The molecule has 0 unspecified atom stereocenters. The predicted molar refractivity (Wildman–Crippen MR) is 49.7 cm³/mol. The third-order valence-corrected chi connectivity index (χ3v) is 1.82. The van der Waals surface area contributed by atoms with Crippen LogP contribution in [-0.2, 0) is 0 Å². The largest absolute Gasteiger partial charge is 0.472 e. The van der Waals surface area contributed by atoms with Gasteiger partial charge in [-0.25, -0.2) is 0 Å². The van der Waals surface area contributed by atoms with Crippen LogP contribution in [0.4, 0.5) is 13.2 Å². The van der Waals surface area contributed by atoms with Crippen molar-refractivity contribution in [2.75, 3.05) is 19.6 Å². The van der Waals surface area contributed by atoms with Crippen molar-refractivity contribution in [3.05, 3.63) is 24.2 Å². The number of hydrogen-bond acceptors (Lipinski definition) is 3. The maximum Gasteiger partial charge on any atom is 0.406 e. The molecular formula is C9H11F3N2O2. The summed E-state index contributed by atoms with van der Waals surface area (Å²) >= 11 is 0. The van der Waals surface area contributed by atoms with E-state index in [-0.39, 0.29) is 18.7 Å². The van der Waals surface area contributed by atoms with Crippen LogP contribution < -0.4 is 5.73 Å². The van der Waals surface area contributed by atoms with Gasteiger partial charge < -0.3 is 15.1 Å². The van der Waals surface area contributed by atoms with Crippen LogP contribution in [0.5, 0.6) is 0 Å². The van der Waals surface area contributed by atoms with E-state index in [1.807, 2.05) is 0 Å². The van der Waals surface area contributed by atoms with Crippen LogP contribution in [0.15, 0.2) is 23.0 Å². The lowest BCUT2D eigenvalue weighted by atomic mass is 10.3. The molecule has 0 saturated heterocycles. The lowest BCUT2D eigenvalue weighted by Gasteiger charge is -2.22. The van der Waals surface area contributed by atoms with Crippen molar-refractivity contribution in [1.29, 1.82) is 0 Å². The molecule has 1 rings (SSSR count). The number of alkyl halides is 3. The Morgan fingerprint density at radius 3 is 2.62 bits per heavy atom. The highest BCUT2D eigenvalue weighted by Gasteiger charge is 2.33. The summed E-state index contributed by atoms with van der Waals surface area (Å²) in [7, 11) is 0. The number of halogens is 3. The van der Waals surface area contributed by atoms with E-state index in [1.165, 1.54) is 12.3 Å². The molecule has 0 fully saturated rings. The maximum atomic E-state index is 12.2. The van der Waals surface area contributed by atoms with Gasteiger partial charge in [0.15, 0.2) is 0 Å². The van der Waals surface area contributed by atoms with Crippen LogP contribution in [-0.4, -0.2) is 36.6 Å². The number of furan rings is 1. The monoisotopic (exact) mass is 236 g/mol. The molecule has 0 saturated carbocycles. The molecule has 0 spiro atoms. The first-order valence-corrected chi connectivity index (χ1v) is 4.52.